The van der Waals surface area contributed by atoms with Crippen LogP contribution in [0, 0.1) is 13.8 Å². The Labute approximate surface area is 108 Å². The van der Waals surface area contributed by atoms with Crippen molar-refractivity contribution in [2.24, 2.45) is 0 Å². The van der Waals surface area contributed by atoms with Gasteiger partial charge in [0.1, 0.15) is 0 Å². The lowest BCUT2D eigenvalue weighted by Crippen LogP contribution is -2.23. The molecule has 0 fully saturated rings. The maximum Gasteiger partial charge on any atom is 0.0997 e. The SMILES string of the molecule is CCNC(Cc1ccc(C)c(C)c1)c1cn[nH]n1. The van der Waals surface area contributed by atoms with Crippen LogP contribution in [0.25, 0.3) is 0 Å². The summed E-state index contributed by atoms with van der Waals surface area (Å²) in [5.74, 6) is 0. The summed E-state index contributed by atoms with van der Waals surface area (Å²) in [5, 5.41) is 14.2. The zero-order chi connectivity index (χ0) is 13.0. The maximum atomic E-state index is 4.17. The second kappa shape index (κ2) is 5.78. The van der Waals surface area contributed by atoms with Gasteiger partial charge in [-0.2, -0.15) is 15.4 Å². The van der Waals surface area contributed by atoms with Crippen molar-refractivity contribution < 1.29 is 0 Å². The maximum absolute atomic E-state index is 4.17. The minimum Gasteiger partial charge on any atom is -0.309 e. The van der Waals surface area contributed by atoms with Crippen LogP contribution in [-0.4, -0.2) is 22.0 Å². The first kappa shape index (κ1) is 12.8. The molecule has 2 N–H and O–H groups in total. The van der Waals surface area contributed by atoms with E-state index in [1.54, 1.807) is 6.20 Å². The van der Waals surface area contributed by atoms with Crippen molar-refractivity contribution in [1.29, 1.82) is 0 Å². The average molecular weight is 244 g/mol. The molecule has 0 aliphatic heterocycles. The minimum atomic E-state index is 0.218. The van der Waals surface area contributed by atoms with Gasteiger partial charge in [0.15, 0.2) is 0 Å². The largest absolute Gasteiger partial charge is 0.309 e. The second-order valence-corrected chi connectivity index (χ2v) is 4.63. The third kappa shape index (κ3) is 2.96. The zero-order valence-electron chi connectivity index (χ0n) is 11.2. The fraction of sp³-hybridized carbons (Fsp3) is 0.429. The summed E-state index contributed by atoms with van der Waals surface area (Å²) in [5.41, 5.74) is 4.96. The number of nitrogens with one attached hydrogen (secondary N) is 2. The van der Waals surface area contributed by atoms with Crippen LogP contribution in [-0.2, 0) is 6.42 Å². The number of benzene rings is 1. The molecule has 0 saturated carbocycles. The minimum absolute atomic E-state index is 0.218. The van der Waals surface area contributed by atoms with Gasteiger partial charge >= 0.3 is 0 Å². The highest BCUT2D eigenvalue weighted by molar-refractivity contribution is 5.30. The molecule has 0 amide bonds. The molecule has 2 aromatic rings. The Morgan fingerprint density at radius 3 is 2.72 bits per heavy atom. The number of aromatic nitrogens is 3. The molecule has 1 heterocycles. The number of hydrogen-bond donors (Lipinski definition) is 2. The van der Waals surface area contributed by atoms with Crippen LogP contribution in [0.1, 0.15) is 35.3 Å². The first-order valence-electron chi connectivity index (χ1n) is 6.36. The van der Waals surface area contributed by atoms with E-state index in [4.69, 9.17) is 0 Å². The standard InChI is InChI=1S/C14H20N4/c1-4-15-13(14-9-16-18-17-14)8-12-6-5-10(2)11(3)7-12/h5-7,9,13,15H,4,8H2,1-3H3,(H,16,17,18). The molecule has 4 heteroatoms. The number of likely N-dealkylation sites (N-methyl/N-ethyl adjacent to an activating group) is 1. The molecule has 0 bridgehead atoms. The zero-order valence-corrected chi connectivity index (χ0v) is 11.2. The van der Waals surface area contributed by atoms with Crippen LogP contribution in [0.3, 0.4) is 0 Å². The van der Waals surface area contributed by atoms with Gasteiger partial charge in [0, 0.05) is 0 Å². The van der Waals surface area contributed by atoms with Crippen molar-refractivity contribution in [3.8, 4) is 0 Å². The van der Waals surface area contributed by atoms with Crippen molar-refractivity contribution in [2.75, 3.05) is 6.54 Å². The van der Waals surface area contributed by atoms with Crippen molar-refractivity contribution >= 4 is 0 Å². The van der Waals surface area contributed by atoms with Gasteiger partial charge in [-0.15, -0.1) is 0 Å². The van der Waals surface area contributed by atoms with E-state index in [0.717, 1.165) is 18.7 Å². The summed E-state index contributed by atoms with van der Waals surface area (Å²) >= 11 is 0. The van der Waals surface area contributed by atoms with Gasteiger partial charge in [-0.3, -0.25) is 0 Å². The fourth-order valence-corrected chi connectivity index (χ4v) is 2.07. The molecule has 1 aromatic heterocycles. The first-order chi connectivity index (χ1) is 8.70. The average Bonchev–Trinajstić information content (AvgIpc) is 2.87. The fourth-order valence-electron chi connectivity index (χ4n) is 2.07. The van der Waals surface area contributed by atoms with Gasteiger partial charge in [-0.1, -0.05) is 25.1 Å². The smallest absolute Gasteiger partial charge is 0.0997 e. The highest BCUT2D eigenvalue weighted by Crippen LogP contribution is 2.18. The molecular formula is C14H20N4. The predicted molar refractivity (Wildman–Crippen MR) is 72.4 cm³/mol. The number of aromatic amines is 1. The molecule has 18 heavy (non-hydrogen) atoms. The van der Waals surface area contributed by atoms with Crippen LogP contribution in [0.15, 0.2) is 24.4 Å². The van der Waals surface area contributed by atoms with E-state index in [2.05, 4.69) is 59.7 Å². The van der Waals surface area contributed by atoms with E-state index in [9.17, 15) is 0 Å². The summed E-state index contributed by atoms with van der Waals surface area (Å²) < 4.78 is 0. The Bertz CT molecular complexity index is 491. The Balaban J connectivity index is 2.16. The van der Waals surface area contributed by atoms with Crippen LogP contribution in [0.4, 0.5) is 0 Å². The molecule has 0 saturated heterocycles. The quantitative estimate of drug-likeness (QED) is 0.848. The Morgan fingerprint density at radius 2 is 2.11 bits per heavy atom. The van der Waals surface area contributed by atoms with E-state index in [-0.39, 0.29) is 6.04 Å². The summed E-state index contributed by atoms with van der Waals surface area (Å²) in [6, 6.07) is 6.83. The molecule has 96 valence electrons. The Morgan fingerprint density at radius 1 is 1.28 bits per heavy atom. The van der Waals surface area contributed by atoms with Crippen molar-refractivity contribution in [3.63, 3.8) is 0 Å². The highest BCUT2D eigenvalue weighted by Gasteiger charge is 2.13. The van der Waals surface area contributed by atoms with Crippen molar-refractivity contribution in [2.45, 2.75) is 33.2 Å². The lowest BCUT2D eigenvalue weighted by molar-refractivity contribution is 0.535. The molecule has 4 nitrogen and oxygen atoms in total. The second-order valence-electron chi connectivity index (χ2n) is 4.63. The number of rotatable bonds is 5. The van der Waals surface area contributed by atoms with Crippen molar-refractivity contribution in [3.05, 3.63) is 46.8 Å². The van der Waals surface area contributed by atoms with E-state index < -0.39 is 0 Å². The normalized spacial score (nSPS) is 12.6. The summed E-state index contributed by atoms with van der Waals surface area (Å²) in [6.07, 6.45) is 2.72. The van der Waals surface area contributed by atoms with Crippen LogP contribution in [0.2, 0.25) is 0 Å². The summed E-state index contributed by atoms with van der Waals surface area (Å²) in [6.45, 7) is 7.31. The van der Waals surface area contributed by atoms with E-state index >= 15 is 0 Å². The van der Waals surface area contributed by atoms with Crippen molar-refractivity contribution in [1.82, 2.24) is 20.7 Å². The first-order valence-corrected chi connectivity index (χ1v) is 6.36. The van der Waals surface area contributed by atoms with Gasteiger partial charge in [0.2, 0.25) is 0 Å². The number of nitrogens with zero attached hydrogens (tertiary/aromatic N) is 2. The van der Waals surface area contributed by atoms with Gasteiger partial charge in [0.25, 0.3) is 0 Å². The molecule has 0 radical (unpaired) electrons. The van der Waals surface area contributed by atoms with Crippen LogP contribution >= 0.6 is 0 Å². The van der Waals surface area contributed by atoms with Crippen LogP contribution < -0.4 is 5.32 Å². The third-order valence-electron chi connectivity index (χ3n) is 3.25. The van der Waals surface area contributed by atoms with Crippen LogP contribution in [0.5, 0.6) is 0 Å². The number of H-pyrrole nitrogens is 1. The molecule has 2 rings (SSSR count). The number of hydrogen-bond acceptors (Lipinski definition) is 3. The Kier molecular flexibility index (Phi) is 4.10. The molecule has 1 unspecified atom stereocenters. The third-order valence-corrected chi connectivity index (χ3v) is 3.25. The van der Waals surface area contributed by atoms with E-state index in [1.807, 2.05) is 0 Å². The van der Waals surface area contributed by atoms with Gasteiger partial charge < -0.3 is 5.32 Å². The number of aryl methyl sites for hydroxylation is 2. The van der Waals surface area contributed by atoms with Gasteiger partial charge in [0.05, 0.1) is 17.9 Å². The van der Waals surface area contributed by atoms with E-state index in [1.165, 1.54) is 16.7 Å². The molecule has 1 aromatic carbocycles. The molecular weight excluding hydrogens is 224 g/mol. The van der Waals surface area contributed by atoms with E-state index in [0.29, 0.717) is 0 Å². The molecule has 0 aliphatic rings. The Hall–Kier alpha value is -1.68. The lowest BCUT2D eigenvalue weighted by Gasteiger charge is -2.16. The monoisotopic (exact) mass is 244 g/mol. The predicted octanol–water partition coefficient (Wildman–Crippen LogP) is 2.31. The summed E-state index contributed by atoms with van der Waals surface area (Å²) in [4.78, 5) is 0. The van der Waals surface area contributed by atoms with Gasteiger partial charge in [-0.05, 0) is 43.5 Å². The highest BCUT2D eigenvalue weighted by atomic mass is 15.3. The molecule has 0 aliphatic carbocycles. The van der Waals surface area contributed by atoms with Gasteiger partial charge in [-0.25, -0.2) is 0 Å². The lowest BCUT2D eigenvalue weighted by atomic mass is 9.99. The molecule has 0 spiro atoms. The molecule has 1 atom stereocenters. The topological polar surface area (TPSA) is 53.6 Å². The summed E-state index contributed by atoms with van der Waals surface area (Å²) in [7, 11) is 0.